The number of methoxy groups -OCH3 is 1. The van der Waals surface area contributed by atoms with Crippen LogP contribution in [0.2, 0.25) is 0 Å². The van der Waals surface area contributed by atoms with Gasteiger partial charge in [-0.2, -0.15) is 9.61 Å². The molecule has 4 aromatic rings. The van der Waals surface area contributed by atoms with Crippen molar-refractivity contribution in [1.29, 1.82) is 0 Å². The first-order chi connectivity index (χ1) is 16.7. The van der Waals surface area contributed by atoms with E-state index in [1.54, 1.807) is 24.5 Å². The molecule has 5 rings (SSSR count). The summed E-state index contributed by atoms with van der Waals surface area (Å²) in [6, 6.07) is 20.2. The third-order valence-electron chi connectivity index (χ3n) is 6.47. The van der Waals surface area contributed by atoms with E-state index in [9.17, 15) is 4.79 Å². The normalized spacial score (nSPS) is 14.6. The number of aromatic nitrogens is 3. The summed E-state index contributed by atoms with van der Waals surface area (Å²) in [5, 5.41) is 5.70. The topological polar surface area (TPSA) is 59.7 Å². The molecule has 0 saturated heterocycles. The van der Waals surface area contributed by atoms with Gasteiger partial charge >= 0.3 is 0 Å². The molecule has 2 aromatic heterocycles. The molecular weight excluding hydrogens is 444 g/mol. The molecule has 2 heterocycles. The van der Waals surface area contributed by atoms with Crippen LogP contribution in [-0.4, -0.2) is 26.6 Å². The molecule has 1 aliphatic carbocycles. The van der Waals surface area contributed by atoms with Gasteiger partial charge in [0.15, 0.2) is 0 Å². The van der Waals surface area contributed by atoms with E-state index in [2.05, 4.69) is 46.4 Å². The van der Waals surface area contributed by atoms with Gasteiger partial charge in [0.2, 0.25) is 4.96 Å². The Bertz CT molecular complexity index is 1280. The van der Waals surface area contributed by atoms with Gasteiger partial charge in [-0.15, -0.1) is 0 Å². The van der Waals surface area contributed by atoms with Crippen LogP contribution in [0.25, 0.3) is 4.96 Å². The molecule has 34 heavy (non-hydrogen) atoms. The third-order valence-corrected chi connectivity index (χ3v) is 7.54. The summed E-state index contributed by atoms with van der Waals surface area (Å²) >= 11 is 1.58. The van der Waals surface area contributed by atoms with Gasteiger partial charge in [-0.25, -0.2) is 4.98 Å². The maximum Gasteiger partial charge on any atom is 0.275 e. The molecule has 0 atom stereocenters. The first-order valence-corrected chi connectivity index (χ1v) is 12.8. The SMILES string of the molecule is COc1ccc(CN(Cc2ccccc2)Cc2cc(=O)n3nc(C4CCCCC4)sc3n2)cc1. The second kappa shape index (κ2) is 10.5. The first kappa shape index (κ1) is 22.7. The number of fused-ring (bicyclic) bond motifs is 1. The maximum absolute atomic E-state index is 12.9. The fraction of sp³-hybridized carbons (Fsp3) is 0.370. The van der Waals surface area contributed by atoms with Crippen molar-refractivity contribution in [3.8, 4) is 5.75 Å². The average molecular weight is 475 g/mol. The van der Waals surface area contributed by atoms with E-state index in [4.69, 9.17) is 9.72 Å². The summed E-state index contributed by atoms with van der Waals surface area (Å²) < 4.78 is 6.79. The number of benzene rings is 2. The van der Waals surface area contributed by atoms with Crippen molar-refractivity contribution in [1.82, 2.24) is 19.5 Å². The number of rotatable bonds is 8. The zero-order valence-electron chi connectivity index (χ0n) is 19.5. The van der Waals surface area contributed by atoms with Crippen molar-refractivity contribution in [2.75, 3.05) is 7.11 Å². The van der Waals surface area contributed by atoms with Gasteiger partial charge in [-0.1, -0.05) is 73.1 Å². The molecule has 6 nitrogen and oxygen atoms in total. The standard InChI is InChI=1S/C27H30N4O2S/c1-33-24-14-12-21(13-15-24)18-30(17-20-8-4-2-5-9-20)19-23-16-25(32)31-27(28-23)34-26(29-31)22-10-6-3-7-11-22/h2,4-5,8-9,12-16,22H,3,6-7,10-11,17-19H2,1H3. The Balaban J connectivity index is 1.40. The highest BCUT2D eigenvalue weighted by molar-refractivity contribution is 7.16. The molecule has 0 amide bonds. The summed E-state index contributed by atoms with van der Waals surface area (Å²) in [4.78, 5) is 20.8. The van der Waals surface area contributed by atoms with Crippen LogP contribution in [0, 0.1) is 0 Å². The zero-order chi connectivity index (χ0) is 23.3. The minimum Gasteiger partial charge on any atom is -0.497 e. The van der Waals surface area contributed by atoms with Crippen LogP contribution >= 0.6 is 11.3 Å². The summed E-state index contributed by atoms with van der Waals surface area (Å²) in [6.45, 7) is 2.10. The van der Waals surface area contributed by atoms with Crippen LogP contribution in [0.1, 0.15) is 59.9 Å². The second-order valence-electron chi connectivity index (χ2n) is 9.03. The molecule has 0 bridgehead atoms. The Labute approximate surface area is 203 Å². The third kappa shape index (κ3) is 5.37. The molecule has 7 heteroatoms. The zero-order valence-corrected chi connectivity index (χ0v) is 20.3. The largest absolute Gasteiger partial charge is 0.497 e. The summed E-state index contributed by atoms with van der Waals surface area (Å²) in [5.74, 6) is 1.31. The Morgan fingerprint density at radius 1 is 0.971 bits per heavy atom. The van der Waals surface area contributed by atoms with Gasteiger partial charge in [0.05, 0.1) is 12.8 Å². The molecule has 2 aromatic carbocycles. The smallest absolute Gasteiger partial charge is 0.275 e. The van der Waals surface area contributed by atoms with Crippen molar-refractivity contribution in [3.63, 3.8) is 0 Å². The molecule has 0 spiro atoms. The van der Waals surface area contributed by atoms with Gasteiger partial charge < -0.3 is 4.74 Å². The van der Waals surface area contributed by atoms with Crippen LogP contribution in [-0.2, 0) is 19.6 Å². The highest BCUT2D eigenvalue weighted by Crippen LogP contribution is 2.34. The van der Waals surface area contributed by atoms with Gasteiger partial charge in [0, 0.05) is 31.6 Å². The van der Waals surface area contributed by atoms with Crippen LogP contribution in [0.15, 0.2) is 65.5 Å². The van der Waals surface area contributed by atoms with Gasteiger partial charge in [-0.05, 0) is 36.1 Å². The lowest BCUT2D eigenvalue weighted by Crippen LogP contribution is -2.25. The predicted octanol–water partition coefficient (Wildman–Crippen LogP) is 5.41. The van der Waals surface area contributed by atoms with Crippen LogP contribution in [0.4, 0.5) is 0 Å². The molecule has 0 aliphatic heterocycles. The fourth-order valence-electron chi connectivity index (χ4n) is 4.69. The van der Waals surface area contributed by atoms with Crippen LogP contribution in [0.3, 0.4) is 0 Å². The fourth-order valence-corrected chi connectivity index (χ4v) is 5.79. The van der Waals surface area contributed by atoms with Crippen molar-refractivity contribution < 1.29 is 4.74 Å². The van der Waals surface area contributed by atoms with Crippen molar-refractivity contribution in [2.24, 2.45) is 0 Å². The molecule has 0 N–H and O–H groups in total. The highest BCUT2D eigenvalue weighted by Gasteiger charge is 2.21. The van der Waals surface area contributed by atoms with E-state index in [0.717, 1.165) is 42.4 Å². The van der Waals surface area contributed by atoms with E-state index in [1.807, 2.05) is 18.2 Å². The summed E-state index contributed by atoms with van der Waals surface area (Å²) in [7, 11) is 1.68. The Kier molecular flexibility index (Phi) is 7.02. The van der Waals surface area contributed by atoms with Crippen LogP contribution < -0.4 is 10.3 Å². The molecule has 0 unspecified atom stereocenters. The number of hydrogen-bond acceptors (Lipinski definition) is 6. The Hall–Kier alpha value is -3.03. The van der Waals surface area contributed by atoms with E-state index in [0.29, 0.717) is 17.4 Å². The van der Waals surface area contributed by atoms with Crippen molar-refractivity contribution >= 4 is 16.3 Å². The molecule has 0 radical (unpaired) electrons. The van der Waals surface area contributed by atoms with Gasteiger partial charge in [0.25, 0.3) is 5.56 Å². The maximum atomic E-state index is 12.9. The second-order valence-corrected chi connectivity index (χ2v) is 10.0. The van der Waals surface area contributed by atoms with E-state index in [-0.39, 0.29) is 5.56 Å². The van der Waals surface area contributed by atoms with E-state index >= 15 is 0 Å². The predicted molar refractivity (Wildman–Crippen MR) is 135 cm³/mol. The quantitative estimate of drug-likeness (QED) is 0.342. The van der Waals surface area contributed by atoms with Crippen LogP contribution in [0.5, 0.6) is 5.75 Å². The van der Waals surface area contributed by atoms with Crippen molar-refractivity contribution in [2.45, 2.75) is 57.7 Å². The Morgan fingerprint density at radius 3 is 2.38 bits per heavy atom. The van der Waals surface area contributed by atoms with Gasteiger partial charge in [-0.3, -0.25) is 9.69 Å². The lowest BCUT2D eigenvalue weighted by Gasteiger charge is -2.22. The van der Waals surface area contributed by atoms with Crippen molar-refractivity contribution in [3.05, 3.63) is 92.8 Å². The Morgan fingerprint density at radius 2 is 1.68 bits per heavy atom. The molecule has 1 saturated carbocycles. The molecule has 1 aliphatic rings. The summed E-state index contributed by atoms with van der Waals surface area (Å²) in [5.41, 5.74) is 3.11. The van der Waals surface area contributed by atoms with E-state index < -0.39 is 0 Å². The lowest BCUT2D eigenvalue weighted by atomic mass is 9.90. The van der Waals surface area contributed by atoms with Gasteiger partial charge in [0.1, 0.15) is 10.8 Å². The molecule has 176 valence electrons. The number of nitrogens with zero attached hydrogens (tertiary/aromatic N) is 4. The average Bonchev–Trinajstić information content (AvgIpc) is 3.31. The monoisotopic (exact) mass is 474 g/mol. The lowest BCUT2D eigenvalue weighted by molar-refractivity contribution is 0.244. The first-order valence-electron chi connectivity index (χ1n) is 12.0. The summed E-state index contributed by atoms with van der Waals surface area (Å²) in [6.07, 6.45) is 6.11. The minimum absolute atomic E-state index is 0.0950. The highest BCUT2D eigenvalue weighted by atomic mass is 32.1. The molecular formula is C27H30N4O2S. The minimum atomic E-state index is -0.0950. The number of ether oxygens (including phenoxy) is 1. The number of hydrogen-bond donors (Lipinski definition) is 0. The molecule has 1 fully saturated rings. The van der Waals surface area contributed by atoms with E-state index in [1.165, 1.54) is 34.9 Å².